The SMILES string of the molecule is CS(=O)(=O)c1ccc([C@@H](CCC2CCCC2)C(=O)Nc2cc(Br)ccn2)cc1. The second-order valence-electron chi connectivity index (χ2n) is 7.47. The number of benzene rings is 1. The normalized spacial score (nSPS) is 16.1. The molecule has 5 nitrogen and oxygen atoms in total. The maximum Gasteiger partial charge on any atom is 0.233 e. The van der Waals surface area contributed by atoms with Crippen LogP contribution >= 0.6 is 15.9 Å². The summed E-state index contributed by atoms with van der Waals surface area (Å²) in [6.07, 6.45) is 9.56. The quantitative estimate of drug-likeness (QED) is 0.629. The van der Waals surface area contributed by atoms with Crippen molar-refractivity contribution in [2.24, 2.45) is 5.92 Å². The number of amides is 1. The summed E-state index contributed by atoms with van der Waals surface area (Å²) in [4.78, 5) is 17.5. The summed E-state index contributed by atoms with van der Waals surface area (Å²) >= 11 is 3.39. The molecule has 1 N–H and O–H groups in total. The molecule has 1 aliphatic rings. The predicted octanol–water partition coefficient (Wildman–Crippen LogP) is 4.94. The van der Waals surface area contributed by atoms with Gasteiger partial charge in [0, 0.05) is 16.9 Å². The summed E-state index contributed by atoms with van der Waals surface area (Å²) in [5, 5.41) is 2.90. The fraction of sp³-hybridized carbons (Fsp3) is 0.429. The first-order chi connectivity index (χ1) is 13.3. The van der Waals surface area contributed by atoms with Crippen LogP contribution in [0, 0.1) is 5.92 Å². The zero-order valence-electron chi connectivity index (χ0n) is 15.9. The number of aromatic nitrogens is 1. The Bertz CT molecular complexity index is 923. The van der Waals surface area contributed by atoms with Crippen molar-refractivity contribution in [3.05, 3.63) is 52.6 Å². The Labute approximate surface area is 175 Å². The van der Waals surface area contributed by atoms with Crippen LogP contribution in [0.15, 0.2) is 52.0 Å². The minimum absolute atomic E-state index is 0.115. The standard InChI is InChI=1S/C21H25BrN2O3S/c1-28(26,27)18-9-7-16(8-10-18)19(11-6-15-4-2-3-5-15)21(25)24-20-14-17(22)12-13-23-20/h7-10,12-15,19H,2-6,11H2,1H3,(H,23,24,25)/t19-/m1/s1. The molecule has 0 radical (unpaired) electrons. The van der Waals surface area contributed by atoms with Gasteiger partial charge in [-0.05, 0) is 48.6 Å². The number of rotatable bonds is 7. The zero-order valence-corrected chi connectivity index (χ0v) is 18.3. The van der Waals surface area contributed by atoms with Crippen LogP contribution in [0.5, 0.6) is 0 Å². The molecule has 1 saturated carbocycles. The monoisotopic (exact) mass is 464 g/mol. The Hall–Kier alpha value is -1.73. The van der Waals surface area contributed by atoms with E-state index in [4.69, 9.17) is 0 Å². The van der Waals surface area contributed by atoms with Crippen molar-refractivity contribution in [3.8, 4) is 0 Å². The molecule has 0 saturated heterocycles. The second-order valence-corrected chi connectivity index (χ2v) is 10.4. The third kappa shape index (κ3) is 5.64. The Morgan fingerprint density at radius 3 is 2.50 bits per heavy atom. The molecular formula is C21H25BrN2O3S. The number of carbonyl (C=O) groups excluding carboxylic acids is 1. The Balaban J connectivity index is 1.80. The van der Waals surface area contributed by atoms with Crippen LogP contribution in [0.25, 0.3) is 0 Å². The molecule has 1 heterocycles. The smallest absolute Gasteiger partial charge is 0.233 e. The van der Waals surface area contributed by atoms with Crippen LogP contribution in [0.1, 0.15) is 50.0 Å². The van der Waals surface area contributed by atoms with Gasteiger partial charge in [0.25, 0.3) is 0 Å². The van der Waals surface area contributed by atoms with E-state index in [1.807, 2.05) is 0 Å². The summed E-state index contributed by atoms with van der Waals surface area (Å²) < 4.78 is 24.3. The van der Waals surface area contributed by atoms with Crippen LogP contribution in [0.3, 0.4) is 0 Å². The van der Waals surface area contributed by atoms with Gasteiger partial charge < -0.3 is 5.32 Å². The number of halogens is 1. The first kappa shape index (κ1) is 21.0. The number of carbonyl (C=O) groups is 1. The third-order valence-electron chi connectivity index (χ3n) is 5.34. The van der Waals surface area contributed by atoms with E-state index in [0.29, 0.717) is 11.7 Å². The highest BCUT2D eigenvalue weighted by molar-refractivity contribution is 9.10. The number of pyridine rings is 1. The van der Waals surface area contributed by atoms with Gasteiger partial charge in [-0.1, -0.05) is 53.7 Å². The minimum atomic E-state index is -3.26. The molecule has 1 amide bonds. The van der Waals surface area contributed by atoms with E-state index >= 15 is 0 Å². The highest BCUT2D eigenvalue weighted by Crippen LogP contribution is 2.33. The van der Waals surface area contributed by atoms with Gasteiger partial charge in [0.1, 0.15) is 5.82 Å². The minimum Gasteiger partial charge on any atom is -0.310 e. The number of nitrogens with zero attached hydrogens (tertiary/aromatic N) is 1. The molecule has 3 rings (SSSR count). The third-order valence-corrected chi connectivity index (χ3v) is 6.96. The number of hydrogen-bond donors (Lipinski definition) is 1. The van der Waals surface area contributed by atoms with E-state index in [1.165, 1.54) is 31.9 Å². The fourth-order valence-corrected chi connectivity index (χ4v) is 4.75. The summed E-state index contributed by atoms with van der Waals surface area (Å²) in [6.45, 7) is 0. The molecule has 1 aliphatic carbocycles. The summed E-state index contributed by atoms with van der Waals surface area (Å²) in [6, 6.07) is 10.2. The van der Waals surface area contributed by atoms with Crippen LogP contribution < -0.4 is 5.32 Å². The molecule has 0 bridgehead atoms. The first-order valence-electron chi connectivity index (χ1n) is 9.55. The lowest BCUT2D eigenvalue weighted by atomic mass is 9.89. The highest BCUT2D eigenvalue weighted by atomic mass is 79.9. The van der Waals surface area contributed by atoms with Gasteiger partial charge in [-0.2, -0.15) is 0 Å². The molecular weight excluding hydrogens is 440 g/mol. The maximum absolute atomic E-state index is 13.0. The molecule has 0 unspecified atom stereocenters. The fourth-order valence-electron chi connectivity index (χ4n) is 3.78. The Morgan fingerprint density at radius 2 is 1.89 bits per heavy atom. The maximum atomic E-state index is 13.0. The van der Waals surface area contributed by atoms with Crippen molar-refractivity contribution in [2.75, 3.05) is 11.6 Å². The van der Waals surface area contributed by atoms with E-state index in [0.717, 1.165) is 22.9 Å². The van der Waals surface area contributed by atoms with Gasteiger partial charge in [0.05, 0.1) is 10.8 Å². The molecule has 2 aromatic rings. The van der Waals surface area contributed by atoms with Crippen LogP contribution in [0.2, 0.25) is 0 Å². The number of anilines is 1. The number of hydrogen-bond acceptors (Lipinski definition) is 4. The van der Waals surface area contributed by atoms with E-state index in [2.05, 4.69) is 26.2 Å². The van der Waals surface area contributed by atoms with Crippen molar-refractivity contribution < 1.29 is 13.2 Å². The van der Waals surface area contributed by atoms with E-state index < -0.39 is 9.84 Å². The molecule has 0 aliphatic heterocycles. The zero-order chi connectivity index (χ0) is 20.1. The van der Waals surface area contributed by atoms with Crippen molar-refractivity contribution >= 4 is 37.5 Å². The molecule has 28 heavy (non-hydrogen) atoms. The lowest BCUT2D eigenvalue weighted by Gasteiger charge is -2.19. The molecule has 150 valence electrons. The lowest BCUT2D eigenvalue weighted by molar-refractivity contribution is -0.117. The molecule has 0 spiro atoms. The largest absolute Gasteiger partial charge is 0.310 e. The van der Waals surface area contributed by atoms with Crippen LogP contribution in [0.4, 0.5) is 5.82 Å². The lowest BCUT2D eigenvalue weighted by Crippen LogP contribution is -2.22. The molecule has 1 aromatic carbocycles. The van der Waals surface area contributed by atoms with Gasteiger partial charge in [-0.15, -0.1) is 0 Å². The van der Waals surface area contributed by atoms with Gasteiger partial charge >= 0.3 is 0 Å². The first-order valence-corrected chi connectivity index (χ1v) is 12.2. The average Bonchev–Trinajstić information content (AvgIpc) is 3.15. The van der Waals surface area contributed by atoms with Crippen LogP contribution in [-0.4, -0.2) is 25.6 Å². The van der Waals surface area contributed by atoms with E-state index in [1.54, 1.807) is 42.6 Å². The number of sulfone groups is 1. The van der Waals surface area contributed by atoms with Gasteiger partial charge in [0.15, 0.2) is 9.84 Å². The molecule has 1 fully saturated rings. The summed E-state index contributed by atoms with van der Waals surface area (Å²) in [5.74, 6) is 0.721. The predicted molar refractivity (Wildman–Crippen MR) is 114 cm³/mol. The Morgan fingerprint density at radius 1 is 1.21 bits per heavy atom. The summed E-state index contributed by atoms with van der Waals surface area (Å²) in [5.41, 5.74) is 0.831. The van der Waals surface area contributed by atoms with Crippen molar-refractivity contribution in [1.29, 1.82) is 0 Å². The van der Waals surface area contributed by atoms with Gasteiger partial charge in [0.2, 0.25) is 5.91 Å². The van der Waals surface area contributed by atoms with Crippen molar-refractivity contribution in [3.63, 3.8) is 0 Å². The van der Waals surface area contributed by atoms with Crippen molar-refractivity contribution in [2.45, 2.75) is 49.3 Å². The van der Waals surface area contributed by atoms with Gasteiger partial charge in [-0.3, -0.25) is 4.79 Å². The molecule has 1 aromatic heterocycles. The topological polar surface area (TPSA) is 76.1 Å². The average molecular weight is 465 g/mol. The molecule has 1 atom stereocenters. The number of nitrogens with one attached hydrogen (secondary N) is 1. The molecule has 7 heteroatoms. The van der Waals surface area contributed by atoms with Crippen molar-refractivity contribution in [1.82, 2.24) is 4.98 Å². The summed E-state index contributed by atoms with van der Waals surface area (Å²) in [7, 11) is -3.26. The highest BCUT2D eigenvalue weighted by Gasteiger charge is 2.24. The van der Waals surface area contributed by atoms with E-state index in [-0.39, 0.29) is 16.7 Å². The van der Waals surface area contributed by atoms with E-state index in [9.17, 15) is 13.2 Å². The second kappa shape index (κ2) is 9.18. The van der Waals surface area contributed by atoms with Crippen LogP contribution in [-0.2, 0) is 14.6 Å². The van der Waals surface area contributed by atoms with Gasteiger partial charge in [-0.25, -0.2) is 13.4 Å². The Kier molecular flexibility index (Phi) is 6.88.